The molecule has 0 spiro atoms. The van der Waals surface area contributed by atoms with Crippen molar-refractivity contribution < 1.29 is 23.4 Å². The standard InChI is InChI=1S/C25H26F2N6O3/c1-32-25(36-2)29-23(31-32)15-5-6-16-13-33(30-21(16)11-15)18-7-3-14(4-8-18)12-28-24(35)17-9-19(26)22(34)20(27)10-17/h5-6,9-11,13-14,18,34H,3-4,7-8,12H2,1-2H3,(H,28,35)/t14-,18-. The number of carbonyl (C=O) groups excluding carboxylic acids is 1. The molecule has 4 aromatic rings. The number of fused-ring (bicyclic) bond motifs is 1. The first-order valence-corrected chi connectivity index (χ1v) is 11.7. The number of halogens is 2. The van der Waals surface area contributed by atoms with E-state index in [2.05, 4.69) is 15.4 Å². The molecule has 1 saturated carbocycles. The fraction of sp³-hybridized carbons (Fsp3) is 0.360. The van der Waals surface area contributed by atoms with E-state index in [1.165, 1.54) is 0 Å². The molecule has 2 heterocycles. The molecule has 1 amide bonds. The number of amides is 1. The maximum atomic E-state index is 13.5. The molecule has 0 bridgehead atoms. The number of rotatable bonds is 6. The van der Waals surface area contributed by atoms with Crippen molar-refractivity contribution >= 4 is 16.8 Å². The summed E-state index contributed by atoms with van der Waals surface area (Å²) in [6, 6.07) is 8.29. The molecule has 0 unspecified atom stereocenters. The first kappa shape index (κ1) is 23.7. The van der Waals surface area contributed by atoms with Crippen LogP contribution in [0.15, 0.2) is 36.5 Å². The summed E-state index contributed by atoms with van der Waals surface area (Å²) in [5.41, 5.74) is 1.57. The van der Waals surface area contributed by atoms with Crippen LogP contribution in [0.5, 0.6) is 11.8 Å². The minimum absolute atomic E-state index is 0.154. The van der Waals surface area contributed by atoms with Crippen molar-refractivity contribution in [2.45, 2.75) is 31.7 Å². The fourth-order valence-electron chi connectivity index (χ4n) is 4.68. The van der Waals surface area contributed by atoms with Crippen LogP contribution in [0, 0.1) is 17.6 Å². The van der Waals surface area contributed by atoms with Crippen LogP contribution in [-0.4, -0.2) is 49.2 Å². The van der Waals surface area contributed by atoms with Crippen LogP contribution in [0.1, 0.15) is 42.1 Å². The summed E-state index contributed by atoms with van der Waals surface area (Å²) in [6.07, 6.45) is 5.64. The van der Waals surface area contributed by atoms with Crippen LogP contribution in [0.4, 0.5) is 8.78 Å². The van der Waals surface area contributed by atoms with Gasteiger partial charge in [-0.2, -0.15) is 10.1 Å². The van der Waals surface area contributed by atoms with Crippen molar-refractivity contribution in [1.29, 1.82) is 0 Å². The Morgan fingerprint density at radius 2 is 1.86 bits per heavy atom. The third kappa shape index (κ3) is 4.60. The van der Waals surface area contributed by atoms with Gasteiger partial charge in [0.05, 0.1) is 18.7 Å². The second-order valence-electron chi connectivity index (χ2n) is 9.10. The Kier molecular flexibility index (Phi) is 6.29. The number of phenolic OH excluding ortho intramolecular Hbond substituents is 1. The summed E-state index contributed by atoms with van der Waals surface area (Å²) in [5.74, 6) is -3.12. The van der Waals surface area contributed by atoms with Crippen molar-refractivity contribution in [2.75, 3.05) is 13.7 Å². The van der Waals surface area contributed by atoms with Crippen LogP contribution in [-0.2, 0) is 7.05 Å². The molecule has 0 radical (unpaired) electrons. The third-order valence-corrected chi connectivity index (χ3v) is 6.71. The Morgan fingerprint density at radius 1 is 1.14 bits per heavy atom. The number of hydrogen-bond donors (Lipinski definition) is 2. The number of ether oxygens (including phenoxy) is 1. The lowest BCUT2D eigenvalue weighted by molar-refractivity contribution is 0.0940. The van der Waals surface area contributed by atoms with Crippen molar-refractivity contribution in [3.63, 3.8) is 0 Å². The quantitative estimate of drug-likeness (QED) is 0.418. The van der Waals surface area contributed by atoms with E-state index >= 15 is 0 Å². The zero-order valence-corrected chi connectivity index (χ0v) is 19.9. The molecule has 1 aliphatic rings. The van der Waals surface area contributed by atoms with Crippen LogP contribution in [0.25, 0.3) is 22.3 Å². The molecule has 2 N–H and O–H groups in total. The Hall–Kier alpha value is -4.02. The second kappa shape index (κ2) is 9.56. The number of hydrogen-bond acceptors (Lipinski definition) is 6. The molecule has 2 aromatic heterocycles. The van der Waals surface area contributed by atoms with Crippen molar-refractivity contribution in [3.8, 4) is 23.1 Å². The number of aromatic hydroxyl groups is 1. The Labute approximate surface area is 205 Å². The predicted octanol–water partition coefficient (Wildman–Crippen LogP) is 3.99. The summed E-state index contributed by atoms with van der Waals surface area (Å²) < 4.78 is 35.8. The van der Waals surface area contributed by atoms with Crippen molar-refractivity contribution in [1.82, 2.24) is 29.9 Å². The summed E-state index contributed by atoms with van der Waals surface area (Å²) >= 11 is 0. The van der Waals surface area contributed by atoms with Gasteiger partial charge in [-0.1, -0.05) is 12.1 Å². The van der Waals surface area contributed by atoms with Gasteiger partial charge in [0.15, 0.2) is 23.2 Å². The topological polar surface area (TPSA) is 107 Å². The lowest BCUT2D eigenvalue weighted by Crippen LogP contribution is -2.31. The first-order chi connectivity index (χ1) is 17.3. The number of nitrogens with zero attached hydrogens (tertiary/aromatic N) is 5. The highest BCUT2D eigenvalue weighted by atomic mass is 19.1. The van der Waals surface area contributed by atoms with Gasteiger partial charge in [0.2, 0.25) is 0 Å². The minimum Gasteiger partial charge on any atom is -0.503 e. The summed E-state index contributed by atoms with van der Waals surface area (Å²) in [7, 11) is 3.33. The number of aryl methyl sites for hydroxylation is 1. The van der Waals surface area contributed by atoms with Gasteiger partial charge in [0, 0.05) is 36.3 Å². The van der Waals surface area contributed by atoms with E-state index in [0.717, 1.165) is 54.3 Å². The minimum atomic E-state index is -1.16. The number of nitrogens with one attached hydrogen (secondary N) is 1. The third-order valence-electron chi connectivity index (χ3n) is 6.71. The van der Waals surface area contributed by atoms with Crippen LogP contribution in [0.2, 0.25) is 0 Å². The molecule has 36 heavy (non-hydrogen) atoms. The average Bonchev–Trinajstić information content (AvgIpc) is 3.48. The van der Waals surface area contributed by atoms with Gasteiger partial charge >= 0.3 is 6.01 Å². The van der Waals surface area contributed by atoms with Gasteiger partial charge in [-0.25, -0.2) is 13.5 Å². The van der Waals surface area contributed by atoms with Crippen LogP contribution in [0.3, 0.4) is 0 Å². The summed E-state index contributed by atoms with van der Waals surface area (Å²) in [4.78, 5) is 16.7. The SMILES string of the molecule is COc1nc(-c2ccc3cn([C@H]4CC[C@H](CNC(=O)c5cc(F)c(O)c(F)c5)CC4)nc3c2)nn1C. The number of aromatic nitrogens is 5. The van der Waals surface area contributed by atoms with E-state index in [-0.39, 0.29) is 17.5 Å². The van der Waals surface area contributed by atoms with Gasteiger partial charge in [-0.15, -0.1) is 5.10 Å². The highest BCUT2D eigenvalue weighted by molar-refractivity contribution is 5.94. The van der Waals surface area contributed by atoms with E-state index < -0.39 is 23.3 Å². The van der Waals surface area contributed by atoms with Gasteiger partial charge in [-0.3, -0.25) is 9.48 Å². The largest absolute Gasteiger partial charge is 0.503 e. The molecule has 2 aromatic carbocycles. The molecule has 1 fully saturated rings. The molecular formula is C25H26F2N6O3. The smallest absolute Gasteiger partial charge is 0.314 e. The van der Waals surface area contributed by atoms with Crippen molar-refractivity contribution in [2.24, 2.45) is 13.0 Å². The van der Waals surface area contributed by atoms with Gasteiger partial charge in [0.1, 0.15) is 0 Å². The molecule has 0 atom stereocenters. The van der Waals surface area contributed by atoms with Gasteiger partial charge < -0.3 is 15.2 Å². The van der Waals surface area contributed by atoms with E-state index in [9.17, 15) is 18.7 Å². The summed E-state index contributed by atoms with van der Waals surface area (Å²) in [5, 5.41) is 22.2. The highest BCUT2D eigenvalue weighted by Gasteiger charge is 2.24. The molecule has 5 rings (SSSR count). The zero-order chi connectivity index (χ0) is 25.4. The molecule has 0 saturated heterocycles. The normalized spacial score (nSPS) is 17.9. The highest BCUT2D eigenvalue weighted by Crippen LogP contribution is 2.33. The maximum Gasteiger partial charge on any atom is 0.314 e. The zero-order valence-electron chi connectivity index (χ0n) is 19.9. The summed E-state index contributed by atoms with van der Waals surface area (Å²) in [6.45, 7) is 0.417. The number of carbonyl (C=O) groups is 1. The number of methoxy groups -OCH3 is 1. The maximum absolute atomic E-state index is 13.5. The first-order valence-electron chi connectivity index (χ1n) is 11.7. The van der Waals surface area contributed by atoms with Gasteiger partial charge in [-0.05, 0) is 49.8 Å². The monoisotopic (exact) mass is 496 g/mol. The fourth-order valence-corrected chi connectivity index (χ4v) is 4.68. The lowest BCUT2D eigenvalue weighted by atomic mass is 9.86. The molecule has 11 heteroatoms. The van der Waals surface area contributed by atoms with Crippen LogP contribution < -0.4 is 10.1 Å². The second-order valence-corrected chi connectivity index (χ2v) is 9.10. The van der Waals surface area contributed by atoms with E-state index in [4.69, 9.17) is 9.84 Å². The molecule has 0 aliphatic heterocycles. The van der Waals surface area contributed by atoms with Crippen molar-refractivity contribution in [3.05, 3.63) is 53.7 Å². The molecule has 9 nitrogen and oxygen atoms in total. The van der Waals surface area contributed by atoms with Gasteiger partial charge in [0.25, 0.3) is 5.91 Å². The Bertz CT molecular complexity index is 1400. The molecular weight excluding hydrogens is 470 g/mol. The van der Waals surface area contributed by atoms with E-state index in [1.807, 2.05) is 29.1 Å². The lowest BCUT2D eigenvalue weighted by Gasteiger charge is -2.28. The van der Waals surface area contributed by atoms with E-state index in [1.54, 1.807) is 18.8 Å². The Morgan fingerprint density at radius 3 is 2.53 bits per heavy atom. The molecule has 1 aliphatic carbocycles. The Balaban J connectivity index is 1.19. The predicted molar refractivity (Wildman–Crippen MR) is 128 cm³/mol. The average molecular weight is 497 g/mol. The van der Waals surface area contributed by atoms with Crippen LogP contribution >= 0.6 is 0 Å². The molecule has 188 valence electrons. The van der Waals surface area contributed by atoms with E-state index in [0.29, 0.717) is 18.4 Å². The number of benzene rings is 2. The number of phenols is 1.